The zero-order chi connectivity index (χ0) is 14.3. The molecule has 0 unspecified atom stereocenters. The average Bonchev–Trinajstić information content (AvgIpc) is 2.33. The molecular weight excluding hydrogens is 386 g/mol. The Morgan fingerprint density at radius 3 is 2.40 bits per heavy atom. The lowest BCUT2D eigenvalue weighted by molar-refractivity contribution is -0.274. The van der Waals surface area contributed by atoms with Crippen molar-refractivity contribution < 1.29 is 17.9 Å². The summed E-state index contributed by atoms with van der Waals surface area (Å²) in [4.78, 5) is 4.06. The van der Waals surface area contributed by atoms with Gasteiger partial charge in [0.2, 0.25) is 0 Å². The molecule has 1 rings (SSSR count). The van der Waals surface area contributed by atoms with Gasteiger partial charge < -0.3 is 15.8 Å². The molecule has 3 N–H and O–H groups in total. The van der Waals surface area contributed by atoms with Crippen LogP contribution in [0.25, 0.3) is 0 Å². The average molecular weight is 403 g/mol. The predicted molar refractivity (Wildman–Crippen MR) is 82.2 cm³/mol. The molecular formula is C12H17F3IN3O. The highest BCUT2D eigenvalue weighted by molar-refractivity contribution is 14.0. The molecule has 0 aliphatic rings. The molecule has 114 valence electrons. The second-order valence-corrected chi connectivity index (χ2v) is 3.82. The number of hydrogen-bond donors (Lipinski definition) is 2. The summed E-state index contributed by atoms with van der Waals surface area (Å²) in [5.74, 6) is 0.0646. The highest BCUT2D eigenvalue weighted by Gasteiger charge is 2.30. The third-order valence-electron chi connectivity index (χ3n) is 2.15. The molecule has 0 amide bonds. The number of aliphatic imine (C=N–C) groups is 1. The first-order valence-corrected chi connectivity index (χ1v) is 5.79. The molecule has 0 saturated carbocycles. The van der Waals surface area contributed by atoms with Crippen LogP contribution in [0.2, 0.25) is 0 Å². The van der Waals surface area contributed by atoms with E-state index >= 15 is 0 Å². The summed E-state index contributed by atoms with van der Waals surface area (Å²) in [6.07, 6.45) is -3.74. The highest BCUT2D eigenvalue weighted by Crippen LogP contribution is 2.22. The van der Waals surface area contributed by atoms with Crippen LogP contribution in [-0.2, 0) is 6.54 Å². The van der Waals surface area contributed by atoms with E-state index in [4.69, 9.17) is 5.73 Å². The number of guanidine groups is 1. The molecule has 0 bridgehead atoms. The van der Waals surface area contributed by atoms with Gasteiger partial charge >= 0.3 is 6.36 Å². The third kappa shape index (κ3) is 8.08. The van der Waals surface area contributed by atoms with Crippen LogP contribution < -0.4 is 15.8 Å². The molecule has 0 aliphatic heterocycles. The summed E-state index contributed by atoms with van der Waals surface area (Å²) in [7, 11) is 0. The van der Waals surface area contributed by atoms with Crippen LogP contribution in [0.4, 0.5) is 13.2 Å². The van der Waals surface area contributed by atoms with E-state index in [1.807, 2.05) is 6.92 Å². The Morgan fingerprint density at radius 1 is 1.30 bits per heavy atom. The molecule has 1 aromatic rings. The van der Waals surface area contributed by atoms with Gasteiger partial charge in [0.1, 0.15) is 5.75 Å². The third-order valence-corrected chi connectivity index (χ3v) is 2.15. The molecule has 0 saturated heterocycles. The number of benzene rings is 1. The number of alkyl halides is 3. The van der Waals surface area contributed by atoms with Crippen LogP contribution in [0.3, 0.4) is 0 Å². The normalized spacial score (nSPS) is 11.7. The van der Waals surface area contributed by atoms with Crippen LogP contribution >= 0.6 is 24.0 Å². The van der Waals surface area contributed by atoms with Crippen molar-refractivity contribution in [2.24, 2.45) is 10.7 Å². The fraction of sp³-hybridized carbons (Fsp3) is 0.417. The fourth-order valence-electron chi connectivity index (χ4n) is 1.28. The van der Waals surface area contributed by atoms with E-state index in [0.29, 0.717) is 12.5 Å². The van der Waals surface area contributed by atoms with Gasteiger partial charge in [-0.1, -0.05) is 19.1 Å². The van der Waals surface area contributed by atoms with Crippen molar-refractivity contribution in [3.8, 4) is 5.75 Å². The van der Waals surface area contributed by atoms with Crippen molar-refractivity contribution in [2.45, 2.75) is 26.3 Å². The molecule has 4 nitrogen and oxygen atoms in total. The van der Waals surface area contributed by atoms with Crippen LogP contribution in [-0.4, -0.2) is 18.9 Å². The van der Waals surface area contributed by atoms with Crippen LogP contribution in [0.5, 0.6) is 5.75 Å². The summed E-state index contributed by atoms with van der Waals surface area (Å²) in [5.41, 5.74) is 6.33. The molecule has 1 aromatic carbocycles. The SMILES string of the molecule is CCCNC(N)=NCc1ccc(OC(F)(F)F)cc1.I. The minimum Gasteiger partial charge on any atom is -0.406 e. The lowest BCUT2D eigenvalue weighted by Crippen LogP contribution is -2.32. The van der Waals surface area contributed by atoms with Gasteiger partial charge in [0.15, 0.2) is 5.96 Å². The minimum atomic E-state index is -4.67. The smallest absolute Gasteiger partial charge is 0.406 e. The Hall–Kier alpha value is -1.19. The first kappa shape index (κ1) is 18.8. The summed E-state index contributed by atoms with van der Waals surface area (Å²) in [6.45, 7) is 3.03. The first-order chi connectivity index (χ1) is 8.90. The number of hydrogen-bond acceptors (Lipinski definition) is 2. The van der Waals surface area contributed by atoms with Gasteiger partial charge in [-0.25, -0.2) is 4.99 Å². The predicted octanol–water partition coefficient (Wildman–Crippen LogP) is 3.02. The van der Waals surface area contributed by atoms with Crippen molar-refractivity contribution in [3.05, 3.63) is 29.8 Å². The van der Waals surface area contributed by atoms with Gasteiger partial charge in [0.25, 0.3) is 0 Å². The number of rotatable bonds is 5. The summed E-state index contributed by atoms with van der Waals surface area (Å²) >= 11 is 0. The van der Waals surface area contributed by atoms with Gasteiger partial charge in [-0.05, 0) is 24.1 Å². The standard InChI is InChI=1S/C12H16F3N3O.HI/c1-2-7-17-11(16)18-8-9-3-5-10(6-4-9)19-12(13,14)15;/h3-6H,2,7-8H2,1H3,(H3,16,17,18);1H. The monoisotopic (exact) mass is 403 g/mol. The Balaban J connectivity index is 0.00000361. The largest absolute Gasteiger partial charge is 0.573 e. The minimum absolute atomic E-state index is 0. The number of nitrogens with zero attached hydrogens (tertiary/aromatic N) is 1. The van der Waals surface area contributed by atoms with E-state index in [1.54, 1.807) is 0 Å². The van der Waals surface area contributed by atoms with Gasteiger partial charge in [-0.3, -0.25) is 0 Å². The zero-order valence-electron chi connectivity index (χ0n) is 10.9. The Bertz CT molecular complexity index is 421. The van der Waals surface area contributed by atoms with E-state index in [-0.39, 0.29) is 29.7 Å². The van der Waals surface area contributed by atoms with Crippen molar-refractivity contribution in [2.75, 3.05) is 6.54 Å². The maximum absolute atomic E-state index is 11.9. The molecule has 0 radical (unpaired) electrons. The molecule has 20 heavy (non-hydrogen) atoms. The lowest BCUT2D eigenvalue weighted by Gasteiger charge is -2.09. The summed E-state index contributed by atoms with van der Waals surface area (Å²) < 4.78 is 39.6. The molecule has 0 heterocycles. The van der Waals surface area contributed by atoms with E-state index in [1.165, 1.54) is 24.3 Å². The van der Waals surface area contributed by atoms with Crippen LogP contribution in [0, 0.1) is 0 Å². The number of nitrogens with two attached hydrogens (primary N) is 1. The highest BCUT2D eigenvalue weighted by atomic mass is 127. The number of ether oxygens (including phenoxy) is 1. The fourth-order valence-corrected chi connectivity index (χ4v) is 1.28. The maximum Gasteiger partial charge on any atom is 0.573 e. The van der Waals surface area contributed by atoms with Gasteiger partial charge in [-0.2, -0.15) is 0 Å². The molecule has 0 atom stereocenters. The quantitative estimate of drug-likeness (QED) is 0.452. The van der Waals surface area contributed by atoms with Gasteiger partial charge in [0, 0.05) is 6.54 Å². The van der Waals surface area contributed by atoms with Crippen LogP contribution in [0.1, 0.15) is 18.9 Å². The van der Waals surface area contributed by atoms with Crippen molar-refractivity contribution in [1.29, 1.82) is 0 Å². The first-order valence-electron chi connectivity index (χ1n) is 5.79. The lowest BCUT2D eigenvalue weighted by atomic mass is 10.2. The Kier molecular flexibility index (Phi) is 8.35. The van der Waals surface area contributed by atoms with Crippen molar-refractivity contribution in [3.63, 3.8) is 0 Å². The molecule has 0 aromatic heterocycles. The van der Waals surface area contributed by atoms with Crippen LogP contribution in [0.15, 0.2) is 29.3 Å². The molecule has 0 fully saturated rings. The summed E-state index contributed by atoms with van der Waals surface area (Å²) in [5, 5.41) is 2.90. The van der Waals surface area contributed by atoms with E-state index in [0.717, 1.165) is 18.5 Å². The van der Waals surface area contributed by atoms with Crippen molar-refractivity contribution >= 4 is 29.9 Å². The zero-order valence-corrected chi connectivity index (χ0v) is 13.2. The van der Waals surface area contributed by atoms with E-state index < -0.39 is 6.36 Å². The maximum atomic E-state index is 11.9. The molecule has 0 aliphatic carbocycles. The van der Waals surface area contributed by atoms with Gasteiger partial charge in [-0.15, -0.1) is 37.1 Å². The van der Waals surface area contributed by atoms with Crippen molar-refractivity contribution in [1.82, 2.24) is 5.32 Å². The van der Waals surface area contributed by atoms with E-state index in [9.17, 15) is 13.2 Å². The Morgan fingerprint density at radius 2 is 1.90 bits per heavy atom. The van der Waals surface area contributed by atoms with E-state index in [2.05, 4.69) is 15.0 Å². The number of halogens is 4. The van der Waals surface area contributed by atoms with Gasteiger partial charge in [0.05, 0.1) is 6.54 Å². The molecule has 0 spiro atoms. The summed E-state index contributed by atoms with van der Waals surface area (Å²) in [6, 6.07) is 5.51. The molecule has 8 heteroatoms. The second kappa shape index (κ2) is 8.88. The topological polar surface area (TPSA) is 59.6 Å². The Labute approximate surface area is 132 Å². The number of nitrogens with one attached hydrogen (secondary N) is 1. The second-order valence-electron chi connectivity index (χ2n) is 3.82.